The average molecular weight is 357 g/mol. The van der Waals surface area contributed by atoms with Crippen molar-refractivity contribution in [3.05, 3.63) is 95.5 Å². The van der Waals surface area contributed by atoms with Crippen molar-refractivity contribution in [2.75, 3.05) is 0 Å². The van der Waals surface area contributed by atoms with E-state index in [2.05, 4.69) is 88.4 Å². The van der Waals surface area contributed by atoms with Gasteiger partial charge in [-0.2, -0.15) is 0 Å². The van der Waals surface area contributed by atoms with E-state index < -0.39 is 0 Å². The van der Waals surface area contributed by atoms with Crippen LogP contribution in [0, 0.1) is 0 Å². The Kier molecular flexibility index (Phi) is 5.46. The quantitative estimate of drug-likeness (QED) is 0.561. The Bertz CT molecular complexity index is 948. The van der Waals surface area contributed by atoms with E-state index in [9.17, 15) is 0 Å². The molecule has 3 rings (SSSR count). The molecule has 2 nitrogen and oxygen atoms in total. The first kappa shape index (κ1) is 18.9. The van der Waals surface area contributed by atoms with Crippen molar-refractivity contribution in [2.45, 2.75) is 40.5 Å². The zero-order valence-electron chi connectivity index (χ0n) is 16.8. The molecule has 2 aliphatic rings. The van der Waals surface area contributed by atoms with E-state index in [-0.39, 0.29) is 0 Å². The van der Waals surface area contributed by atoms with E-state index in [4.69, 9.17) is 4.99 Å². The van der Waals surface area contributed by atoms with Crippen LogP contribution in [0.3, 0.4) is 0 Å². The van der Waals surface area contributed by atoms with Crippen LogP contribution < -0.4 is 0 Å². The lowest BCUT2D eigenvalue weighted by atomic mass is 9.94. The molecule has 0 bridgehead atoms. The predicted octanol–water partition coefficient (Wildman–Crippen LogP) is 6.88. The summed E-state index contributed by atoms with van der Waals surface area (Å²) in [4.78, 5) is 7.01. The summed E-state index contributed by atoms with van der Waals surface area (Å²) < 4.78 is 0. The van der Waals surface area contributed by atoms with Gasteiger partial charge >= 0.3 is 0 Å². The van der Waals surface area contributed by atoms with Gasteiger partial charge in [0.1, 0.15) is 0 Å². The maximum atomic E-state index is 4.82. The maximum absolute atomic E-state index is 4.82. The minimum absolute atomic E-state index is 0.918. The molecule has 0 saturated heterocycles. The summed E-state index contributed by atoms with van der Waals surface area (Å²) in [6.07, 6.45) is 9.97. The SMILES string of the molecule is C=CC1=CC(=C)N(/C(CC)=C(\C)c2ccccc2C2=C(C)CC(C)=N2)C=C1. The summed E-state index contributed by atoms with van der Waals surface area (Å²) in [5, 5.41) is 0. The first-order valence-electron chi connectivity index (χ1n) is 9.50. The van der Waals surface area contributed by atoms with Gasteiger partial charge < -0.3 is 4.90 Å². The second kappa shape index (κ2) is 7.79. The van der Waals surface area contributed by atoms with Gasteiger partial charge in [-0.1, -0.05) is 50.4 Å². The van der Waals surface area contributed by atoms with Crippen LogP contribution in [0.4, 0.5) is 0 Å². The molecule has 27 heavy (non-hydrogen) atoms. The summed E-state index contributed by atoms with van der Waals surface area (Å²) in [6.45, 7) is 16.8. The average Bonchev–Trinajstić information content (AvgIpc) is 3.01. The number of aliphatic imine (C=N–C) groups is 1. The molecule has 2 heteroatoms. The van der Waals surface area contributed by atoms with Crippen molar-refractivity contribution < 1.29 is 0 Å². The summed E-state index contributed by atoms with van der Waals surface area (Å²) in [5.41, 5.74) is 10.7. The summed E-state index contributed by atoms with van der Waals surface area (Å²) in [7, 11) is 0. The molecule has 0 aromatic heterocycles. The van der Waals surface area contributed by atoms with Gasteiger partial charge in [0.2, 0.25) is 0 Å². The molecular formula is C25H28N2. The van der Waals surface area contributed by atoms with Gasteiger partial charge in [-0.05, 0) is 61.6 Å². The second-order valence-electron chi connectivity index (χ2n) is 7.15. The van der Waals surface area contributed by atoms with E-state index in [1.54, 1.807) is 0 Å². The zero-order chi connectivity index (χ0) is 19.6. The minimum atomic E-state index is 0.918. The maximum Gasteiger partial charge on any atom is 0.0700 e. The number of hydrogen-bond acceptors (Lipinski definition) is 2. The molecule has 0 aliphatic carbocycles. The smallest absolute Gasteiger partial charge is 0.0700 e. The molecule has 0 fully saturated rings. The van der Waals surface area contributed by atoms with Crippen LogP contribution in [-0.2, 0) is 0 Å². The summed E-state index contributed by atoms with van der Waals surface area (Å²) >= 11 is 0. The molecule has 0 amide bonds. The third-order valence-electron chi connectivity index (χ3n) is 5.17. The van der Waals surface area contributed by atoms with Crippen LogP contribution in [0.2, 0.25) is 0 Å². The Balaban J connectivity index is 2.10. The van der Waals surface area contributed by atoms with Gasteiger partial charge in [0, 0.05) is 35.3 Å². The van der Waals surface area contributed by atoms with Gasteiger partial charge in [0.25, 0.3) is 0 Å². The van der Waals surface area contributed by atoms with Gasteiger partial charge in [0.15, 0.2) is 0 Å². The minimum Gasteiger partial charge on any atom is -0.321 e. The largest absolute Gasteiger partial charge is 0.321 e. The lowest BCUT2D eigenvalue weighted by molar-refractivity contribution is 0.568. The van der Waals surface area contributed by atoms with Crippen LogP contribution >= 0.6 is 0 Å². The van der Waals surface area contributed by atoms with Crippen LogP contribution in [0.5, 0.6) is 0 Å². The number of allylic oxidation sites excluding steroid dienone is 7. The monoisotopic (exact) mass is 356 g/mol. The van der Waals surface area contributed by atoms with Crippen molar-refractivity contribution >= 4 is 17.0 Å². The van der Waals surface area contributed by atoms with E-state index in [0.717, 1.165) is 29.8 Å². The van der Waals surface area contributed by atoms with Crippen molar-refractivity contribution in [3.63, 3.8) is 0 Å². The molecule has 0 unspecified atom stereocenters. The second-order valence-corrected chi connectivity index (χ2v) is 7.15. The first-order valence-corrected chi connectivity index (χ1v) is 9.50. The van der Waals surface area contributed by atoms with E-state index in [1.165, 1.54) is 33.7 Å². The standard InChI is InChI=1S/C25H28N2/c1-7-21-13-14-27(19(5)16-21)24(8-2)20(6)22-11-9-10-12-23(22)25-17(3)15-18(4)26-25/h7,9-14,16H,1,5,8,15H2,2-4,6H3/b24-20+. The molecule has 1 aromatic rings. The van der Waals surface area contributed by atoms with Crippen LogP contribution in [0.25, 0.3) is 11.3 Å². The Labute approximate surface area is 163 Å². The molecular weight excluding hydrogens is 328 g/mol. The fourth-order valence-corrected chi connectivity index (χ4v) is 3.83. The highest BCUT2D eigenvalue weighted by Gasteiger charge is 2.20. The molecule has 0 saturated carbocycles. The van der Waals surface area contributed by atoms with Crippen molar-refractivity contribution in [2.24, 2.45) is 4.99 Å². The Morgan fingerprint density at radius 1 is 1.26 bits per heavy atom. The third-order valence-corrected chi connectivity index (χ3v) is 5.17. The Hall–Kier alpha value is -2.87. The van der Waals surface area contributed by atoms with E-state index >= 15 is 0 Å². The topological polar surface area (TPSA) is 15.6 Å². The first-order chi connectivity index (χ1) is 13.0. The number of benzene rings is 1. The molecule has 0 radical (unpaired) electrons. The van der Waals surface area contributed by atoms with Crippen molar-refractivity contribution in [3.8, 4) is 0 Å². The number of rotatable bonds is 5. The normalized spacial score (nSPS) is 17.8. The molecule has 1 aromatic carbocycles. The van der Waals surface area contributed by atoms with Crippen molar-refractivity contribution in [1.29, 1.82) is 0 Å². The predicted molar refractivity (Wildman–Crippen MR) is 118 cm³/mol. The van der Waals surface area contributed by atoms with E-state index in [0.29, 0.717) is 0 Å². The summed E-state index contributed by atoms with van der Waals surface area (Å²) in [6, 6.07) is 8.59. The fraction of sp³-hybridized carbons (Fsp3) is 0.240. The van der Waals surface area contributed by atoms with E-state index in [1.807, 2.05) is 6.08 Å². The molecule has 0 spiro atoms. The van der Waals surface area contributed by atoms with Gasteiger partial charge in [-0.3, -0.25) is 4.99 Å². The molecule has 0 atom stereocenters. The van der Waals surface area contributed by atoms with Crippen LogP contribution in [0.15, 0.2) is 89.4 Å². The van der Waals surface area contributed by atoms with Gasteiger partial charge in [-0.25, -0.2) is 0 Å². The molecule has 2 aliphatic heterocycles. The zero-order valence-corrected chi connectivity index (χ0v) is 16.8. The van der Waals surface area contributed by atoms with Crippen LogP contribution in [0.1, 0.15) is 51.7 Å². The lowest BCUT2D eigenvalue weighted by Crippen LogP contribution is -2.18. The van der Waals surface area contributed by atoms with Crippen molar-refractivity contribution in [1.82, 2.24) is 4.90 Å². The van der Waals surface area contributed by atoms with Gasteiger partial charge in [-0.15, -0.1) is 0 Å². The van der Waals surface area contributed by atoms with Gasteiger partial charge in [0.05, 0.1) is 5.70 Å². The summed E-state index contributed by atoms with van der Waals surface area (Å²) in [5.74, 6) is 0. The van der Waals surface area contributed by atoms with Crippen LogP contribution in [-0.4, -0.2) is 10.6 Å². The number of hydrogen-bond donors (Lipinski definition) is 0. The fourth-order valence-electron chi connectivity index (χ4n) is 3.83. The molecule has 138 valence electrons. The Morgan fingerprint density at radius 3 is 2.59 bits per heavy atom. The Morgan fingerprint density at radius 2 is 2.00 bits per heavy atom. The third kappa shape index (κ3) is 3.66. The number of nitrogens with zero attached hydrogens (tertiary/aromatic N) is 2. The highest BCUT2D eigenvalue weighted by molar-refractivity contribution is 5.97. The lowest BCUT2D eigenvalue weighted by Gasteiger charge is -2.29. The highest BCUT2D eigenvalue weighted by atomic mass is 15.1. The molecule has 2 heterocycles. The highest BCUT2D eigenvalue weighted by Crippen LogP contribution is 2.36. The molecule has 0 N–H and O–H groups in total.